The van der Waals surface area contributed by atoms with Gasteiger partial charge in [0.1, 0.15) is 0 Å². The molecule has 0 heterocycles. The molecule has 1 aromatic carbocycles. The summed E-state index contributed by atoms with van der Waals surface area (Å²) in [4.78, 5) is 12.8. The Hall–Kier alpha value is -1.82. The molecule has 0 fully saturated rings. The number of nitrogens with one attached hydrogen (secondary N) is 2. The lowest BCUT2D eigenvalue weighted by atomic mass is 10.2. The quantitative estimate of drug-likeness (QED) is 0.394. The summed E-state index contributed by atoms with van der Waals surface area (Å²) in [6.07, 6.45) is 3.13. The topological polar surface area (TPSA) is 70.4 Å². The summed E-state index contributed by atoms with van der Waals surface area (Å²) in [5.74, 6) is 0. The molecule has 0 saturated heterocycles. The van der Waals surface area contributed by atoms with Gasteiger partial charge in [0.05, 0.1) is 4.92 Å². The fraction of sp³-hybridized carbons (Fsp3) is 0.600. The van der Waals surface area contributed by atoms with Crippen molar-refractivity contribution in [1.82, 2.24) is 4.90 Å². The van der Waals surface area contributed by atoms with E-state index in [9.17, 15) is 10.1 Å². The minimum absolute atomic E-state index is 0.117. The van der Waals surface area contributed by atoms with E-state index in [2.05, 4.69) is 36.6 Å². The minimum atomic E-state index is -0.353. The summed E-state index contributed by atoms with van der Waals surface area (Å²) in [5.41, 5.74) is 1.71. The molecule has 0 saturated carbocycles. The van der Waals surface area contributed by atoms with Gasteiger partial charge < -0.3 is 15.5 Å². The molecule has 21 heavy (non-hydrogen) atoms. The lowest BCUT2D eigenvalue weighted by Crippen LogP contribution is -2.14. The van der Waals surface area contributed by atoms with E-state index in [4.69, 9.17) is 0 Å². The molecule has 1 rings (SSSR count). The van der Waals surface area contributed by atoms with Crippen LogP contribution in [0.25, 0.3) is 0 Å². The van der Waals surface area contributed by atoms with Gasteiger partial charge in [0.15, 0.2) is 0 Å². The van der Waals surface area contributed by atoms with Crippen LogP contribution in [0.2, 0.25) is 0 Å². The summed E-state index contributed by atoms with van der Waals surface area (Å²) in [7, 11) is 4.11. The first-order valence-electron chi connectivity index (χ1n) is 7.45. The normalized spacial score (nSPS) is 10.7. The van der Waals surface area contributed by atoms with Crippen LogP contribution in [0.3, 0.4) is 0 Å². The van der Waals surface area contributed by atoms with Crippen molar-refractivity contribution < 1.29 is 4.92 Å². The van der Waals surface area contributed by atoms with Crippen molar-refractivity contribution in [3.05, 3.63) is 28.3 Å². The van der Waals surface area contributed by atoms with Crippen LogP contribution in [0.1, 0.15) is 26.2 Å². The zero-order valence-corrected chi connectivity index (χ0v) is 13.2. The van der Waals surface area contributed by atoms with Crippen LogP contribution >= 0.6 is 0 Å². The summed E-state index contributed by atoms with van der Waals surface area (Å²) in [6.45, 7) is 4.75. The zero-order valence-electron chi connectivity index (χ0n) is 13.2. The molecular formula is C15H26N4O2. The first-order chi connectivity index (χ1) is 10.0. The average molecular weight is 294 g/mol. The fourth-order valence-corrected chi connectivity index (χ4v) is 1.98. The van der Waals surface area contributed by atoms with Crippen LogP contribution in [0.4, 0.5) is 17.1 Å². The van der Waals surface area contributed by atoms with Crippen LogP contribution in [-0.2, 0) is 0 Å². The highest BCUT2D eigenvalue weighted by molar-refractivity contribution is 5.63. The smallest absolute Gasteiger partial charge is 0.273 e. The van der Waals surface area contributed by atoms with Crippen LogP contribution in [0, 0.1) is 10.1 Å². The van der Waals surface area contributed by atoms with E-state index < -0.39 is 0 Å². The summed E-state index contributed by atoms with van der Waals surface area (Å²) in [5, 5.41) is 17.4. The average Bonchev–Trinajstić information content (AvgIpc) is 2.44. The first kappa shape index (κ1) is 17.2. The van der Waals surface area contributed by atoms with E-state index in [0.29, 0.717) is 0 Å². The van der Waals surface area contributed by atoms with E-state index in [1.807, 2.05) is 6.07 Å². The Bertz CT molecular complexity index is 449. The highest BCUT2D eigenvalue weighted by Crippen LogP contribution is 2.24. The Morgan fingerprint density at radius 2 is 1.71 bits per heavy atom. The molecule has 6 nitrogen and oxygen atoms in total. The van der Waals surface area contributed by atoms with Crippen molar-refractivity contribution in [1.29, 1.82) is 0 Å². The van der Waals surface area contributed by atoms with E-state index in [1.54, 1.807) is 12.1 Å². The van der Waals surface area contributed by atoms with Crippen molar-refractivity contribution in [2.24, 2.45) is 0 Å². The molecule has 0 bridgehead atoms. The van der Waals surface area contributed by atoms with Crippen LogP contribution in [0.15, 0.2) is 18.2 Å². The molecule has 118 valence electrons. The van der Waals surface area contributed by atoms with Crippen molar-refractivity contribution in [3.8, 4) is 0 Å². The number of nitro groups is 1. The zero-order chi connectivity index (χ0) is 15.7. The second kappa shape index (κ2) is 9.18. The number of rotatable bonds is 10. The number of anilines is 2. The van der Waals surface area contributed by atoms with Crippen molar-refractivity contribution in [3.63, 3.8) is 0 Å². The molecule has 0 aliphatic rings. The molecule has 0 atom stereocenters. The molecule has 0 amide bonds. The Labute approximate surface area is 126 Å². The second-order valence-corrected chi connectivity index (χ2v) is 5.39. The first-order valence-corrected chi connectivity index (χ1v) is 7.45. The maximum Gasteiger partial charge on any atom is 0.273 e. The number of non-ortho nitro benzene ring substituents is 1. The molecule has 0 radical (unpaired) electrons. The Morgan fingerprint density at radius 1 is 1.10 bits per heavy atom. The fourth-order valence-electron chi connectivity index (χ4n) is 1.98. The predicted molar refractivity (Wildman–Crippen MR) is 88.2 cm³/mol. The third kappa shape index (κ3) is 6.94. The number of hydrogen-bond acceptors (Lipinski definition) is 5. The van der Waals surface area contributed by atoms with Gasteiger partial charge in [0.2, 0.25) is 0 Å². The summed E-state index contributed by atoms with van der Waals surface area (Å²) in [6, 6.07) is 5.09. The molecule has 2 N–H and O–H groups in total. The van der Waals surface area contributed by atoms with Gasteiger partial charge in [0.25, 0.3) is 5.69 Å². The van der Waals surface area contributed by atoms with Gasteiger partial charge in [-0.3, -0.25) is 10.1 Å². The predicted octanol–water partition coefficient (Wildman–Crippen LogP) is 3.17. The lowest BCUT2D eigenvalue weighted by molar-refractivity contribution is -0.384. The Kier molecular flexibility index (Phi) is 7.53. The highest BCUT2D eigenvalue weighted by atomic mass is 16.6. The maximum atomic E-state index is 11.0. The van der Waals surface area contributed by atoms with E-state index in [-0.39, 0.29) is 10.6 Å². The van der Waals surface area contributed by atoms with Gasteiger partial charge >= 0.3 is 0 Å². The number of benzene rings is 1. The number of nitrogens with zero attached hydrogens (tertiary/aromatic N) is 2. The molecule has 0 spiro atoms. The van der Waals surface area contributed by atoms with Gasteiger partial charge in [-0.25, -0.2) is 0 Å². The van der Waals surface area contributed by atoms with Gasteiger partial charge in [0, 0.05) is 36.6 Å². The number of hydrogen-bond donors (Lipinski definition) is 2. The largest absolute Gasteiger partial charge is 0.385 e. The number of unbranched alkanes of at least 4 members (excludes halogenated alkanes) is 1. The van der Waals surface area contributed by atoms with Crippen molar-refractivity contribution >= 4 is 17.1 Å². The van der Waals surface area contributed by atoms with Gasteiger partial charge in [-0.05, 0) is 46.0 Å². The van der Waals surface area contributed by atoms with Crippen molar-refractivity contribution in [2.75, 3.05) is 44.4 Å². The Balaban J connectivity index is 2.58. The Morgan fingerprint density at radius 3 is 2.24 bits per heavy atom. The SMILES string of the molecule is CCCNc1cc(NCCCCN(C)C)cc([N+](=O)[O-])c1. The third-order valence-electron chi connectivity index (χ3n) is 3.07. The van der Waals surface area contributed by atoms with Crippen molar-refractivity contribution in [2.45, 2.75) is 26.2 Å². The highest BCUT2D eigenvalue weighted by Gasteiger charge is 2.09. The van der Waals surface area contributed by atoms with Crippen LogP contribution in [-0.4, -0.2) is 43.6 Å². The van der Waals surface area contributed by atoms with E-state index >= 15 is 0 Å². The lowest BCUT2D eigenvalue weighted by Gasteiger charge is -2.11. The summed E-state index contributed by atoms with van der Waals surface area (Å²) < 4.78 is 0. The molecule has 0 aromatic heterocycles. The van der Waals surface area contributed by atoms with E-state index in [0.717, 1.165) is 50.3 Å². The second-order valence-electron chi connectivity index (χ2n) is 5.39. The molecule has 0 unspecified atom stereocenters. The van der Waals surface area contributed by atoms with Gasteiger partial charge in [-0.15, -0.1) is 0 Å². The van der Waals surface area contributed by atoms with Gasteiger partial charge in [-0.1, -0.05) is 6.92 Å². The molecule has 6 heteroatoms. The minimum Gasteiger partial charge on any atom is -0.385 e. The molecular weight excluding hydrogens is 268 g/mol. The maximum absolute atomic E-state index is 11.0. The molecule has 1 aromatic rings. The molecule has 0 aliphatic carbocycles. The van der Waals surface area contributed by atoms with Crippen LogP contribution in [0.5, 0.6) is 0 Å². The number of nitro benzene ring substituents is 1. The monoisotopic (exact) mass is 294 g/mol. The summed E-state index contributed by atoms with van der Waals surface area (Å²) >= 11 is 0. The standard InChI is InChI=1S/C15H26N4O2/c1-4-7-16-13-10-14(12-15(11-13)19(20)21)17-8-5-6-9-18(2)3/h10-12,16-17H,4-9H2,1-3H3. The van der Waals surface area contributed by atoms with Gasteiger partial charge in [-0.2, -0.15) is 0 Å². The third-order valence-corrected chi connectivity index (χ3v) is 3.07. The van der Waals surface area contributed by atoms with E-state index in [1.165, 1.54) is 0 Å². The molecule has 0 aliphatic heterocycles. The van der Waals surface area contributed by atoms with Crippen LogP contribution < -0.4 is 10.6 Å².